The van der Waals surface area contributed by atoms with Gasteiger partial charge in [-0.3, -0.25) is 0 Å². The van der Waals surface area contributed by atoms with Gasteiger partial charge in [0.2, 0.25) is 0 Å². The Hall–Kier alpha value is -1.09. The average Bonchev–Trinajstić information content (AvgIpc) is 3.10. The van der Waals surface area contributed by atoms with E-state index in [-0.39, 0.29) is 0 Å². The zero-order valence-corrected chi connectivity index (χ0v) is 10.1. The molecule has 1 aliphatic carbocycles. The fraction of sp³-hybridized carbons (Fsp3) is 0.615. The van der Waals surface area contributed by atoms with Crippen molar-refractivity contribution in [3.63, 3.8) is 0 Å². The summed E-state index contributed by atoms with van der Waals surface area (Å²) in [5.74, 6) is 1.02. The Bertz CT molecular complexity index is 348. The Labute approximate surface area is 97.1 Å². The Kier molecular flexibility index (Phi) is 3.44. The van der Waals surface area contributed by atoms with Crippen molar-refractivity contribution < 1.29 is 5.11 Å². The van der Waals surface area contributed by atoms with Gasteiger partial charge in [-0.2, -0.15) is 0 Å². The minimum Gasteiger partial charge on any atom is -0.389 e. The van der Waals surface area contributed by atoms with E-state index < -0.39 is 6.10 Å². The van der Waals surface area contributed by atoms with Gasteiger partial charge in [0.25, 0.3) is 0 Å². The van der Waals surface area contributed by atoms with Gasteiger partial charge in [0.15, 0.2) is 0 Å². The molecule has 2 rings (SSSR count). The highest BCUT2D eigenvalue weighted by Crippen LogP contribution is 2.31. The maximum atomic E-state index is 9.57. The van der Waals surface area contributed by atoms with Gasteiger partial charge in [0, 0.05) is 18.8 Å². The van der Waals surface area contributed by atoms with Crippen LogP contribution < -0.4 is 4.90 Å². The minimum absolute atomic E-state index is 0.413. The van der Waals surface area contributed by atoms with Crippen LogP contribution in [0.15, 0.2) is 18.3 Å². The second-order valence-corrected chi connectivity index (χ2v) is 4.55. The first-order valence-corrected chi connectivity index (χ1v) is 6.13. The van der Waals surface area contributed by atoms with Crippen LogP contribution in [0.5, 0.6) is 0 Å². The summed E-state index contributed by atoms with van der Waals surface area (Å²) in [6, 6.07) is 4.57. The van der Waals surface area contributed by atoms with E-state index in [1.54, 1.807) is 13.1 Å². The summed E-state index contributed by atoms with van der Waals surface area (Å²) in [5, 5.41) is 9.57. The zero-order valence-electron chi connectivity index (χ0n) is 10.1. The predicted molar refractivity (Wildman–Crippen MR) is 65.5 cm³/mol. The van der Waals surface area contributed by atoms with Crippen molar-refractivity contribution in [2.75, 3.05) is 11.4 Å². The standard InChI is InChI=1S/C13H20N2O/c1-3-8-15(12-4-5-12)13-9-11(10(2)16)6-7-14-13/h6-7,9-10,12,16H,3-5,8H2,1-2H3. The summed E-state index contributed by atoms with van der Waals surface area (Å²) in [6.45, 7) is 5.04. The summed E-state index contributed by atoms with van der Waals surface area (Å²) in [4.78, 5) is 6.78. The molecule has 0 amide bonds. The predicted octanol–water partition coefficient (Wildman–Crippen LogP) is 2.51. The highest BCUT2D eigenvalue weighted by molar-refractivity contribution is 5.44. The molecular formula is C13H20N2O. The van der Waals surface area contributed by atoms with Crippen LogP contribution in [0.1, 0.15) is 44.8 Å². The number of rotatable bonds is 5. The first-order chi connectivity index (χ1) is 7.72. The van der Waals surface area contributed by atoms with Crippen LogP contribution in [0.4, 0.5) is 5.82 Å². The van der Waals surface area contributed by atoms with Crippen LogP contribution in [0.3, 0.4) is 0 Å². The maximum absolute atomic E-state index is 9.57. The Morgan fingerprint density at radius 1 is 1.56 bits per heavy atom. The van der Waals surface area contributed by atoms with Gasteiger partial charge in [0.05, 0.1) is 6.10 Å². The van der Waals surface area contributed by atoms with Crippen molar-refractivity contribution >= 4 is 5.82 Å². The number of aromatic nitrogens is 1. The van der Waals surface area contributed by atoms with Gasteiger partial charge < -0.3 is 10.0 Å². The highest BCUT2D eigenvalue weighted by atomic mass is 16.3. The van der Waals surface area contributed by atoms with Gasteiger partial charge in [-0.1, -0.05) is 6.92 Å². The van der Waals surface area contributed by atoms with Crippen molar-refractivity contribution in [3.8, 4) is 0 Å². The van der Waals surface area contributed by atoms with E-state index in [1.165, 1.54) is 12.8 Å². The molecule has 0 bridgehead atoms. The molecule has 1 N–H and O–H groups in total. The lowest BCUT2D eigenvalue weighted by molar-refractivity contribution is 0.199. The largest absolute Gasteiger partial charge is 0.389 e. The number of nitrogens with zero attached hydrogens (tertiary/aromatic N) is 2. The van der Waals surface area contributed by atoms with E-state index in [0.29, 0.717) is 6.04 Å². The molecule has 0 aliphatic heterocycles. The van der Waals surface area contributed by atoms with Gasteiger partial charge in [-0.15, -0.1) is 0 Å². The van der Waals surface area contributed by atoms with E-state index in [2.05, 4.69) is 16.8 Å². The molecule has 16 heavy (non-hydrogen) atoms. The molecule has 0 saturated heterocycles. The fourth-order valence-electron chi connectivity index (χ4n) is 1.96. The smallest absolute Gasteiger partial charge is 0.129 e. The van der Waals surface area contributed by atoms with Gasteiger partial charge >= 0.3 is 0 Å². The van der Waals surface area contributed by atoms with Crippen LogP contribution in [-0.2, 0) is 0 Å². The molecule has 1 heterocycles. The van der Waals surface area contributed by atoms with Crippen molar-refractivity contribution in [3.05, 3.63) is 23.9 Å². The van der Waals surface area contributed by atoms with Gasteiger partial charge in [0.1, 0.15) is 5.82 Å². The third-order valence-electron chi connectivity index (χ3n) is 3.00. The molecule has 1 saturated carbocycles. The van der Waals surface area contributed by atoms with Crippen molar-refractivity contribution in [1.82, 2.24) is 4.98 Å². The van der Waals surface area contributed by atoms with Gasteiger partial charge in [-0.05, 0) is 43.9 Å². The highest BCUT2D eigenvalue weighted by Gasteiger charge is 2.29. The first-order valence-electron chi connectivity index (χ1n) is 6.13. The minimum atomic E-state index is -0.413. The summed E-state index contributed by atoms with van der Waals surface area (Å²) >= 11 is 0. The lowest BCUT2D eigenvalue weighted by Crippen LogP contribution is -2.27. The second kappa shape index (κ2) is 4.83. The number of hydrogen-bond donors (Lipinski definition) is 1. The number of aliphatic hydroxyl groups excluding tert-OH is 1. The topological polar surface area (TPSA) is 36.4 Å². The molecule has 1 aromatic heterocycles. The third-order valence-corrected chi connectivity index (χ3v) is 3.00. The molecule has 0 radical (unpaired) electrons. The molecule has 0 aromatic carbocycles. The fourth-order valence-corrected chi connectivity index (χ4v) is 1.96. The van der Waals surface area contributed by atoms with Crippen LogP contribution in [0.2, 0.25) is 0 Å². The van der Waals surface area contributed by atoms with Gasteiger partial charge in [-0.25, -0.2) is 4.98 Å². The van der Waals surface area contributed by atoms with E-state index in [4.69, 9.17) is 0 Å². The second-order valence-electron chi connectivity index (χ2n) is 4.55. The van der Waals surface area contributed by atoms with Crippen molar-refractivity contribution in [2.45, 2.75) is 45.3 Å². The normalized spacial score (nSPS) is 17.2. The Balaban J connectivity index is 2.19. The van der Waals surface area contributed by atoms with E-state index in [1.807, 2.05) is 12.1 Å². The third kappa shape index (κ3) is 2.53. The van der Waals surface area contributed by atoms with Crippen molar-refractivity contribution in [1.29, 1.82) is 0 Å². The van der Waals surface area contributed by atoms with Crippen LogP contribution >= 0.6 is 0 Å². The molecule has 1 fully saturated rings. The van der Waals surface area contributed by atoms with Crippen molar-refractivity contribution in [2.24, 2.45) is 0 Å². The number of anilines is 1. The number of aliphatic hydroxyl groups is 1. The molecule has 1 aromatic rings. The molecule has 0 spiro atoms. The Morgan fingerprint density at radius 2 is 2.31 bits per heavy atom. The molecule has 1 unspecified atom stereocenters. The molecule has 3 nitrogen and oxygen atoms in total. The summed E-state index contributed by atoms with van der Waals surface area (Å²) in [5.41, 5.74) is 0.951. The number of pyridine rings is 1. The van der Waals surface area contributed by atoms with Crippen LogP contribution in [0.25, 0.3) is 0 Å². The molecular weight excluding hydrogens is 200 g/mol. The monoisotopic (exact) mass is 220 g/mol. The van der Waals surface area contributed by atoms with E-state index in [9.17, 15) is 5.11 Å². The van der Waals surface area contributed by atoms with E-state index >= 15 is 0 Å². The average molecular weight is 220 g/mol. The SMILES string of the molecule is CCCN(c1cc(C(C)O)ccn1)C1CC1. The summed E-state index contributed by atoms with van der Waals surface area (Å²) in [6.07, 6.45) is 5.07. The quantitative estimate of drug-likeness (QED) is 0.828. The maximum Gasteiger partial charge on any atom is 0.129 e. The van der Waals surface area contributed by atoms with Crippen LogP contribution in [0, 0.1) is 0 Å². The lowest BCUT2D eigenvalue weighted by Gasteiger charge is -2.23. The first kappa shape index (κ1) is 11.4. The van der Waals surface area contributed by atoms with E-state index in [0.717, 1.165) is 24.3 Å². The molecule has 1 atom stereocenters. The van der Waals surface area contributed by atoms with Crippen LogP contribution in [-0.4, -0.2) is 22.7 Å². The molecule has 88 valence electrons. The molecule has 1 aliphatic rings. The summed E-state index contributed by atoms with van der Waals surface area (Å²) in [7, 11) is 0. The Morgan fingerprint density at radius 3 is 2.88 bits per heavy atom. The molecule has 3 heteroatoms. The summed E-state index contributed by atoms with van der Waals surface area (Å²) < 4.78 is 0. The number of hydrogen-bond acceptors (Lipinski definition) is 3. The lowest BCUT2D eigenvalue weighted by atomic mass is 10.1. The zero-order chi connectivity index (χ0) is 11.5.